The monoisotopic (exact) mass is 139 g/mol. The first kappa shape index (κ1) is 5.73. The van der Waals surface area contributed by atoms with Crippen LogP contribution in [0.25, 0.3) is 0 Å². The van der Waals surface area contributed by atoms with E-state index in [4.69, 9.17) is 4.52 Å². The van der Waals surface area contributed by atoms with Gasteiger partial charge in [-0.25, -0.2) is 0 Å². The van der Waals surface area contributed by atoms with Crippen molar-refractivity contribution in [2.45, 2.75) is 13.1 Å². The normalized spacial score (nSPS) is 15.3. The average Bonchev–Trinajstić information content (AvgIpc) is 2.44. The highest BCUT2D eigenvalue weighted by molar-refractivity contribution is 5.45. The first-order valence-corrected chi connectivity index (χ1v) is 3.27. The predicted octanol–water partition coefficient (Wildman–Crippen LogP) is 0.320. The van der Waals surface area contributed by atoms with Crippen molar-refractivity contribution in [3.05, 3.63) is 11.3 Å². The molecule has 2 N–H and O–H groups in total. The highest BCUT2D eigenvalue weighted by Gasteiger charge is 2.19. The summed E-state index contributed by atoms with van der Waals surface area (Å²) >= 11 is 0. The standard InChI is InChI=1S/C6H9N3O/c1-7-6-4-2-8-3-5(4)10-9-6/h8H,2-3H2,1H3,(H,7,9). The third-order valence-corrected chi connectivity index (χ3v) is 1.69. The predicted molar refractivity (Wildman–Crippen MR) is 36.6 cm³/mol. The Hall–Kier alpha value is -1.03. The number of anilines is 1. The molecule has 54 valence electrons. The van der Waals surface area contributed by atoms with Crippen LogP contribution < -0.4 is 10.6 Å². The van der Waals surface area contributed by atoms with Crippen LogP contribution in [0, 0.1) is 0 Å². The summed E-state index contributed by atoms with van der Waals surface area (Å²) in [6, 6.07) is 0. The van der Waals surface area contributed by atoms with Crippen LogP contribution in [0.2, 0.25) is 0 Å². The molecule has 2 rings (SSSR count). The van der Waals surface area contributed by atoms with E-state index in [0.717, 1.165) is 24.7 Å². The fourth-order valence-electron chi connectivity index (χ4n) is 1.16. The van der Waals surface area contributed by atoms with Crippen molar-refractivity contribution >= 4 is 5.82 Å². The summed E-state index contributed by atoms with van der Waals surface area (Å²) in [6.45, 7) is 1.68. The van der Waals surface area contributed by atoms with E-state index >= 15 is 0 Å². The zero-order chi connectivity index (χ0) is 6.97. The summed E-state index contributed by atoms with van der Waals surface area (Å²) < 4.78 is 5.02. The van der Waals surface area contributed by atoms with Gasteiger partial charge >= 0.3 is 0 Å². The van der Waals surface area contributed by atoms with Crippen molar-refractivity contribution < 1.29 is 4.52 Å². The Bertz CT molecular complexity index is 243. The van der Waals surface area contributed by atoms with Crippen molar-refractivity contribution in [3.63, 3.8) is 0 Å². The third kappa shape index (κ3) is 0.623. The first-order chi connectivity index (χ1) is 4.92. The van der Waals surface area contributed by atoms with Gasteiger partial charge in [0, 0.05) is 13.6 Å². The number of nitrogens with zero attached hydrogens (tertiary/aromatic N) is 1. The van der Waals surface area contributed by atoms with Gasteiger partial charge in [-0.3, -0.25) is 0 Å². The van der Waals surface area contributed by atoms with E-state index in [2.05, 4.69) is 15.8 Å². The minimum atomic E-state index is 0.810. The van der Waals surface area contributed by atoms with E-state index in [1.54, 1.807) is 0 Å². The molecule has 1 aromatic rings. The van der Waals surface area contributed by atoms with Gasteiger partial charge in [0.25, 0.3) is 0 Å². The van der Waals surface area contributed by atoms with Crippen molar-refractivity contribution in [3.8, 4) is 0 Å². The van der Waals surface area contributed by atoms with Crippen LogP contribution in [-0.2, 0) is 13.1 Å². The molecular weight excluding hydrogens is 130 g/mol. The lowest BCUT2D eigenvalue weighted by Crippen LogP contribution is -2.02. The zero-order valence-corrected chi connectivity index (χ0v) is 5.77. The molecule has 1 aromatic heterocycles. The molecule has 4 heteroatoms. The number of rotatable bonds is 1. The molecule has 4 nitrogen and oxygen atoms in total. The highest BCUT2D eigenvalue weighted by atomic mass is 16.5. The molecule has 0 amide bonds. The summed E-state index contributed by atoms with van der Waals surface area (Å²) in [5.41, 5.74) is 1.17. The van der Waals surface area contributed by atoms with Gasteiger partial charge < -0.3 is 15.2 Å². The van der Waals surface area contributed by atoms with E-state index in [0.29, 0.717) is 0 Å². The van der Waals surface area contributed by atoms with Crippen LogP contribution in [0.5, 0.6) is 0 Å². The number of nitrogens with one attached hydrogen (secondary N) is 2. The Morgan fingerprint density at radius 2 is 2.50 bits per heavy atom. The van der Waals surface area contributed by atoms with Crippen LogP contribution in [0.1, 0.15) is 11.3 Å². The van der Waals surface area contributed by atoms with Gasteiger partial charge in [0.15, 0.2) is 11.6 Å². The molecule has 0 aliphatic carbocycles. The lowest BCUT2D eigenvalue weighted by atomic mass is 10.3. The van der Waals surface area contributed by atoms with E-state index in [9.17, 15) is 0 Å². The van der Waals surface area contributed by atoms with Crippen molar-refractivity contribution in [2.75, 3.05) is 12.4 Å². The lowest BCUT2D eigenvalue weighted by Gasteiger charge is -1.92. The maximum absolute atomic E-state index is 5.02. The van der Waals surface area contributed by atoms with Gasteiger partial charge in [-0.05, 0) is 0 Å². The molecule has 0 saturated heterocycles. The van der Waals surface area contributed by atoms with E-state index in [1.807, 2.05) is 7.05 Å². The third-order valence-electron chi connectivity index (χ3n) is 1.69. The Morgan fingerprint density at radius 3 is 3.30 bits per heavy atom. The van der Waals surface area contributed by atoms with Gasteiger partial charge in [0.05, 0.1) is 12.1 Å². The second kappa shape index (κ2) is 1.98. The number of hydrogen-bond acceptors (Lipinski definition) is 4. The van der Waals surface area contributed by atoms with E-state index in [1.165, 1.54) is 5.56 Å². The van der Waals surface area contributed by atoms with Crippen LogP contribution in [-0.4, -0.2) is 12.2 Å². The van der Waals surface area contributed by atoms with Crippen molar-refractivity contribution in [1.82, 2.24) is 10.5 Å². The van der Waals surface area contributed by atoms with Gasteiger partial charge in [0.2, 0.25) is 0 Å². The Kier molecular flexibility index (Phi) is 1.14. The SMILES string of the molecule is CNc1noc2c1CNC2. The smallest absolute Gasteiger partial charge is 0.173 e. The summed E-state index contributed by atoms with van der Waals surface area (Å²) in [6.07, 6.45) is 0. The minimum Gasteiger partial charge on any atom is -0.370 e. The first-order valence-electron chi connectivity index (χ1n) is 3.27. The average molecular weight is 139 g/mol. The minimum absolute atomic E-state index is 0.810. The van der Waals surface area contributed by atoms with Gasteiger partial charge in [-0.2, -0.15) is 0 Å². The molecule has 0 spiro atoms. The second-order valence-electron chi connectivity index (χ2n) is 2.29. The number of hydrogen-bond donors (Lipinski definition) is 2. The summed E-state index contributed by atoms with van der Waals surface area (Å²) in [5, 5.41) is 9.96. The van der Waals surface area contributed by atoms with E-state index in [-0.39, 0.29) is 0 Å². The molecule has 0 bridgehead atoms. The fourth-order valence-corrected chi connectivity index (χ4v) is 1.16. The van der Waals surface area contributed by atoms with Crippen LogP contribution in [0.4, 0.5) is 5.82 Å². The summed E-state index contributed by atoms with van der Waals surface area (Å²) in [4.78, 5) is 0. The molecule has 1 aliphatic rings. The summed E-state index contributed by atoms with van der Waals surface area (Å²) in [5.74, 6) is 1.82. The van der Waals surface area contributed by atoms with E-state index < -0.39 is 0 Å². The molecule has 0 saturated carbocycles. The molecular formula is C6H9N3O. The highest BCUT2D eigenvalue weighted by Crippen LogP contribution is 2.22. The van der Waals surface area contributed by atoms with Gasteiger partial charge in [-0.1, -0.05) is 5.16 Å². The second-order valence-corrected chi connectivity index (χ2v) is 2.29. The maximum atomic E-state index is 5.02. The largest absolute Gasteiger partial charge is 0.370 e. The van der Waals surface area contributed by atoms with Crippen molar-refractivity contribution in [1.29, 1.82) is 0 Å². The number of fused-ring (bicyclic) bond motifs is 1. The number of aromatic nitrogens is 1. The Balaban J connectivity index is 2.44. The van der Waals surface area contributed by atoms with Crippen LogP contribution in [0.3, 0.4) is 0 Å². The van der Waals surface area contributed by atoms with Crippen LogP contribution >= 0.6 is 0 Å². The van der Waals surface area contributed by atoms with Gasteiger partial charge in [0.1, 0.15) is 0 Å². The molecule has 0 unspecified atom stereocenters. The van der Waals surface area contributed by atoms with Crippen molar-refractivity contribution in [2.24, 2.45) is 0 Å². The van der Waals surface area contributed by atoms with Gasteiger partial charge in [-0.15, -0.1) is 0 Å². The maximum Gasteiger partial charge on any atom is 0.173 e. The molecule has 0 fully saturated rings. The lowest BCUT2D eigenvalue weighted by molar-refractivity contribution is 0.384. The molecule has 10 heavy (non-hydrogen) atoms. The zero-order valence-electron chi connectivity index (χ0n) is 5.77. The summed E-state index contributed by atoms with van der Waals surface area (Å²) in [7, 11) is 1.84. The molecule has 1 aliphatic heterocycles. The molecule has 0 radical (unpaired) electrons. The molecule has 0 aromatic carbocycles. The Morgan fingerprint density at radius 1 is 1.60 bits per heavy atom. The van der Waals surface area contributed by atoms with Crippen LogP contribution in [0.15, 0.2) is 4.52 Å². The Labute approximate surface area is 58.6 Å². The quantitative estimate of drug-likeness (QED) is 0.588. The molecule has 2 heterocycles. The molecule has 0 atom stereocenters. The fraction of sp³-hybridized carbons (Fsp3) is 0.500. The topological polar surface area (TPSA) is 50.1 Å².